The fourth-order valence-corrected chi connectivity index (χ4v) is 3.62. The topological polar surface area (TPSA) is 81.3 Å². The lowest BCUT2D eigenvalue weighted by atomic mass is 10.2. The number of amides is 1. The molecule has 23 heavy (non-hydrogen) atoms. The number of nitrogens with zero attached hydrogens (tertiary/aromatic N) is 4. The summed E-state index contributed by atoms with van der Waals surface area (Å²) < 4.78 is 1.31. The first-order valence-corrected chi connectivity index (χ1v) is 8.15. The fourth-order valence-electron chi connectivity index (χ4n) is 2.50. The van der Waals surface area contributed by atoms with Gasteiger partial charge in [0.15, 0.2) is 0 Å². The van der Waals surface area contributed by atoms with Gasteiger partial charge in [0, 0.05) is 16.7 Å². The molecule has 1 aromatic heterocycles. The van der Waals surface area contributed by atoms with E-state index in [-0.39, 0.29) is 18.1 Å². The molecule has 0 saturated carbocycles. The molecule has 2 aromatic rings. The quantitative estimate of drug-likeness (QED) is 0.637. The lowest BCUT2D eigenvalue weighted by Gasteiger charge is -2.22. The molecule has 0 bridgehead atoms. The minimum atomic E-state index is -0.520. The molecule has 1 atom stereocenters. The number of nitro groups is 1. The Labute approximate surface area is 137 Å². The predicted molar refractivity (Wildman–Crippen MR) is 87.6 cm³/mol. The number of rotatable bonds is 3. The first kappa shape index (κ1) is 15.5. The van der Waals surface area contributed by atoms with Crippen molar-refractivity contribution in [1.29, 1.82) is 0 Å². The summed E-state index contributed by atoms with van der Waals surface area (Å²) >= 11 is 1.76. The van der Waals surface area contributed by atoms with E-state index in [0.717, 1.165) is 23.2 Å². The van der Waals surface area contributed by atoms with E-state index >= 15 is 0 Å². The molecule has 0 unspecified atom stereocenters. The number of carbonyl (C=O) groups is 1. The molecule has 8 heteroatoms. The molecular formula is C15H16N4O3S. The number of benzene rings is 1. The zero-order valence-corrected chi connectivity index (χ0v) is 13.4. The molecule has 1 aliphatic rings. The van der Waals surface area contributed by atoms with E-state index in [1.54, 1.807) is 16.7 Å². The Kier molecular flexibility index (Phi) is 4.33. The monoisotopic (exact) mass is 332 g/mol. The lowest BCUT2D eigenvalue weighted by molar-refractivity contribution is -0.385. The Morgan fingerprint density at radius 1 is 1.48 bits per heavy atom. The average molecular weight is 332 g/mol. The summed E-state index contributed by atoms with van der Waals surface area (Å²) in [6, 6.07) is 7.82. The average Bonchev–Trinajstić information content (AvgIpc) is 2.90. The highest BCUT2D eigenvalue weighted by Gasteiger charge is 2.24. The third kappa shape index (κ3) is 3.37. The Morgan fingerprint density at radius 2 is 2.26 bits per heavy atom. The Hall–Kier alpha value is -2.35. The number of aromatic nitrogens is 2. The van der Waals surface area contributed by atoms with E-state index < -0.39 is 4.92 Å². The number of fused-ring (bicyclic) bond motifs is 1. The minimum absolute atomic E-state index is 0.0127. The molecule has 0 radical (unpaired) electrons. The van der Waals surface area contributed by atoms with Gasteiger partial charge in [-0.25, -0.2) is 0 Å². The van der Waals surface area contributed by atoms with Crippen molar-refractivity contribution in [2.24, 2.45) is 0 Å². The molecule has 2 heterocycles. The highest BCUT2D eigenvalue weighted by Crippen LogP contribution is 2.37. The Bertz CT molecular complexity index is 746. The van der Waals surface area contributed by atoms with Crippen LogP contribution in [0.25, 0.3) is 0 Å². The van der Waals surface area contributed by atoms with Gasteiger partial charge in [-0.15, -0.1) is 11.8 Å². The van der Waals surface area contributed by atoms with Crippen LogP contribution in [-0.4, -0.2) is 32.4 Å². The lowest BCUT2D eigenvalue weighted by Crippen LogP contribution is -2.35. The molecule has 7 nitrogen and oxygen atoms in total. The van der Waals surface area contributed by atoms with Crippen molar-refractivity contribution in [3.05, 3.63) is 46.8 Å². The molecule has 120 valence electrons. The van der Waals surface area contributed by atoms with Gasteiger partial charge in [-0.1, -0.05) is 19.1 Å². The summed E-state index contributed by atoms with van der Waals surface area (Å²) in [4.78, 5) is 25.7. The van der Waals surface area contributed by atoms with E-state index in [9.17, 15) is 14.9 Å². The van der Waals surface area contributed by atoms with Crippen molar-refractivity contribution in [2.75, 3.05) is 11.4 Å². The largest absolute Gasteiger partial charge is 0.310 e. The Balaban J connectivity index is 1.82. The summed E-state index contributed by atoms with van der Waals surface area (Å²) in [6.07, 6.45) is 3.32. The van der Waals surface area contributed by atoms with E-state index in [2.05, 4.69) is 12.0 Å². The summed E-state index contributed by atoms with van der Waals surface area (Å²) in [5.41, 5.74) is 0.784. The predicted octanol–water partition coefficient (Wildman–Crippen LogP) is 2.71. The maximum Gasteiger partial charge on any atom is 0.307 e. The second-order valence-corrected chi connectivity index (χ2v) is 6.86. The van der Waals surface area contributed by atoms with Crippen LogP contribution in [0, 0.1) is 10.1 Å². The van der Waals surface area contributed by atoms with E-state index in [4.69, 9.17) is 0 Å². The number of anilines is 1. The number of hydrogen-bond donors (Lipinski definition) is 0. The van der Waals surface area contributed by atoms with Gasteiger partial charge in [-0.2, -0.15) is 5.10 Å². The number of thioether (sulfide) groups is 1. The van der Waals surface area contributed by atoms with Crippen LogP contribution in [0.5, 0.6) is 0 Å². The van der Waals surface area contributed by atoms with Crippen molar-refractivity contribution in [2.45, 2.75) is 30.0 Å². The van der Waals surface area contributed by atoms with Crippen molar-refractivity contribution in [3.63, 3.8) is 0 Å². The summed E-state index contributed by atoms with van der Waals surface area (Å²) in [5.74, 6) is -0.120. The molecule has 0 aliphatic carbocycles. The van der Waals surface area contributed by atoms with Crippen molar-refractivity contribution < 1.29 is 9.72 Å². The second-order valence-electron chi connectivity index (χ2n) is 5.38. The van der Waals surface area contributed by atoms with Gasteiger partial charge in [0.05, 0.1) is 10.6 Å². The highest BCUT2D eigenvalue weighted by molar-refractivity contribution is 8.00. The third-order valence-electron chi connectivity index (χ3n) is 3.67. The van der Waals surface area contributed by atoms with Crippen LogP contribution in [0.3, 0.4) is 0 Å². The fraction of sp³-hybridized carbons (Fsp3) is 0.333. The molecular weight excluding hydrogens is 316 g/mol. The maximum atomic E-state index is 12.7. The highest BCUT2D eigenvalue weighted by atomic mass is 32.2. The van der Waals surface area contributed by atoms with Crippen LogP contribution in [0.4, 0.5) is 11.4 Å². The summed E-state index contributed by atoms with van der Waals surface area (Å²) in [7, 11) is 0. The molecule has 1 aliphatic heterocycles. The third-order valence-corrected chi connectivity index (χ3v) is 4.91. The first-order chi connectivity index (χ1) is 11.0. The van der Waals surface area contributed by atoms with Crippen LogP contribution in [0.2, 0.25) is 0 Å². The molecule has 0 spiro atoms. The first-order valence-electron chi connectivity index (χ1n) is 7.27. The molecule has 0 fully saturated rings. The van der Waals surface area contributed by atoms with Crippen LogP contribution >= 0.6 is 11.8 Å². The van der Waals surface area contributed by atoms with Crippen molar-refractivity contribution in [1.82, 2.24) is 9.78 Å². The molecule has 1 amide bonds. The Morgan fingerprint density at radius 3 is 3.00 bits per heavy atom. The molecule has 0 N–H and O–H groups in total. The van der Waals surface area contributed by atoms with E-state index in [0.29, 0.717) is 11.8 Å². The van der Waals surface area contributed by atoms with Crippen LogP contribution in [-0.2, 0) is 11.3 Å². The van der Waals surface area contributed by atoms with Gasteiger partial charge in [0.25, 0.3) is 0 Å². The molecule has 0 saturated heterocycles. The minimum Gasteiger partial charge on any atom is -0.310 e. The van der Waals surface area contributed by atoms with E-state index in [1.165, 1.54) is 10.9 Å². The van der Waals surface area contributed by atoms with E-state index in [1.807, 2.05) is 24.3 Å². The summed E-state index contributed by atoms with van der Waals surface area (Å²) in [5, 5.41) is 15.0. The van der Waals surface area contributed by atoms with Gasteiger partial charge in [-0.05, 0) is 18.6 Å². The second kappa shape index (κ2) is 6.41. The van der Waals surface area contributed by atoms with Gasteiger partial charge < -0.3 is 4.90 Å². The standard InChI is InChI=1S/C15H16N4O3S/c1-11-6-7-18(13-4-2-3-5-14(13)23-11)15(20)10-17-9-12(8-16-17)19(21)22/h2-5,8-9,11H,6-7,10H2,1H3/t11-/m0/s1. The van der Waals surface area contributed by atoms with Gasteiger partial charge in [0.1, 0.15) is 18.9 Å². The zero-order chi connectivity index (χ0) is 16.4. The van der Waals surface area contributed by atoms with Gasteiger partial charge in [-0.3, -0.25) is 19.6 Å². The molecule has 3 rings (SSSR count). The van der Waals surface area contributed by atoms with Gasteiger partial charge in [0.2, 0.25) is 5.91 Å². The van der Waals surface area contributed by atoms with Crippen LogP contribution in [0.1, 0.15) is 13.3 Å². The summed E-state index contributed by atoms with van der Waals surface area (Å²) in [6.45, 7) is 2.76. The van der Waals surface area contributed by atoms with Crippen molar-refractivity contribution in [3.8, 4) is 0 Å². The number of hydrogen-bond acceptors (Lipinski definition) is 5. The van der Waals surface area contributed by atoms with Gasteiger partial charge >= 0.3 is 5.69 Å². The normalized spacial score (nSPS) is 17.4. The number of para-hydroxylation sites is 1. The van der Waals surface area contributed by atoms with Crippen molar-refractivity contribution >= 4 is 29.0 Å². The zero-order valence-electron chi connectivity index (χ0n) is 12.6. The number of carbonyl (C=O) groups excluding carboxylic acids is 1. The SMILES string of the molecule is C[C@H]1CCN(C(=O)Cn2cc([N+](=O)[O-])cn2)c2ccccc2S1. The smallest absolute Gasteiger partial charge is 0.307 e. The van der Waals surface area contributed by atoms with Crippen LogP contribution in [0.15, 0.2) is 41.6 Å². The molecule has 1 aromatic carbocycles. The maximum absolute atomic E-state index is 12.7. The van der Waals surface area contributed by atoms with Crippen LogP contribution < -0.4 is 4.90 Å².